The topological polar surface area (TPSA) is 132 Å². The molecule has 10 nitrogen and oxygen atoms in total. The van der Waals surface area contributed by atoms with Gasteiger partial charge in [-0.3, -0.25) is 4.52 Å². The number of phosphoric ester groups is 1. The number of hydrogen-bond acceptors (Lipinski definition) is 7. The second-order valence-corrected chi connectivity index (χ2v) is 10.2. The van der Waals surface area contributed by atoms with Gasteiger partial charge < -0.3 is 23.4 Å². The first-order chi connectivity index (χ1) is 16.7. The van der Waals surface area contributed by atoms with Crippen molar-refractivity contribution in [3.05, 3.63) is 50.7 Å². The highest BCUT2D eigenvalue weighted by Crippen LogP contribution is 2.39. The smallest absolute Gasteiger partial charge is 0.469 e. The third-order valence-corrected chi connectivity index (χ3v) is 6.36. The molecule has 3 aromatic heterocycles. The van der Waals surface area contributed by atoms with E-state index in [9.17, 15) is 17.7 Å². The largest absolute Gasteiger partial charge is 0.489 e. The van der Waals surface area contributed by atoms with E-state index in [2.05, 4.69) is 35.6 Å². The highest BCUT2D eigenvalue weighted by atomic mass is 79.9. The third kappa shape index (κ3) is 6.02. The normalized spacial score (nSPS) is 13.4. The van der Waals surface area contributed by atoms with Crippen molar-refractivity contribution in [1.29, 1.82) is 0 Å². The third-order valence-electron chi connectivity index (χ3n) is 4.53. The highest BCUT2D eigenvalue weighted by Gasteiger charge is 2.32. The van der Waals surface area contributed by atoms with Crippen molar-refractivity contribution in [2.75, 3.05) is 6.61 Å². The molecule has 0 fully saturated rings. The van der Waals surface area contributed by atoms with E-state index in [1.807, 2.05) is 0 Å². The van der Waals surface area contributed by atoms with Gasteiger partial charge in [-0.15, -0.1) is 0 Å². The molecule has 2 N–H and O–H groups in total. The van der Waals surface area contributed by atoms with Gasteiger partial charge in [0.25, 0.3) is 5.89 Å². The second kappa shape index (κ2) is 9.93. The van der Waals surface area contributed by atoms with Crippen LogP contribution in [0.2, 0.25) is 10.0 Å². The van der Waals surface area contributed by atoms with Crippen LogP contribution in [0.3, 0.4) is 0 Å². The van der Waals surface area contributed by atoms with E-state index in [0.717, 1.165) is 12.3 Å². The Bertz CT molecular complexity index is 1490. The molecule has 1 atom stereocenters. The summed E-state index contributed by atoms with van der Waals surface area (Å²) in [6, 6.07) is 3.65. The molecule has 0 unspecified atom stereocenters. The van der Waals surface area contributed by atoms with Gasteiger partial charge in [0.15, 0.2) is 5.65 Å². The number of fused-ring (bicyclic) bond motifs is 1. The number of imidazole rings is 1. The molecule has 0 spiro atoms. The van der Waals surface area contributed by atoms with E-state index in [-0.39, 0.29) is 55.5 Å². The number of rotatable bonds is 7. The average Bonchev–Trinajstić information content (AvgIpc) is 3.39. The molecular weight excluding hydrogens is 619 g/mol. The summed E-state index contributed by atoms with van der Waals surface area (Å²) in [5.74, 6) is 0.0554. The summed E-state index contributed by atoms with van der Waals surface area (Å²) in [6.07, 6.45) is -3.30. The van der Waals surface area contributed by atoms with Crippen LogP contribution in [-0.2, 0) is 15.3 Å². The predicted octanol–water partition coefficient (Wildman–Crippen LogP) is 6.02. The summed E-state index contributed by atoms with van der Waals surface area (Å²) in [5, 5.41) is 4.03. The van der Waals surface area contributed by atoms with Crippen LogP contribution in [-0.4, -0.2) is 42.0 Å². The fourth-order valence-corrected chi connectivity index (χ4v) is 4.56. The molecule has 0 aliphatic rings. The van der Waals surface area contributed by atoms with E-state index in [1.54, 1.807) is 0 Å². The molecule has 0 bridgehead atoms. The van der Waals surface area contributed by atoms with Gasteiger partial charge in [0.1, 0.15) is 24.2 Å². The molecule has 17 heteroatoms. The van der Waals surface area contributed by atoms with Crippen molar-refractivity contribution < 1.29 is 41.3 Å². The van der Waals surface area contributed by atoms with Crippen molar-refractivity contribution in [2.45, 2.75) is 19.2 Å². The predicted molar refractivity (Wildman–Crippen MR) is 125 cm³/mol. The zero-order chi connectivity index (χ0) is 26.4. The molecule has 0 amide bonds. The Morgan fingerprint density at radius 3 is 2.58 bits per heavy atom. The Morgan fingerprint density at radius 2 is 1.92 bits per heavy atom. The molecule has 0 saturated heterocycles. The van der Waals surface area contributed by atoms with E-state index in [1.165, 1.54) is 29.7 Å². The van der Waals surface area contributed by atoms with Crippen LogP contribution in [0.5, 0.6) is 5.75 Å². The fraction of sp³-hybridized carbons (Fsp3) is 0.211. The summed E-state index contributed by atoms with van der Waals surface area (Å²) in [6.45, 7) is 1.16. The molecule has 0 aliphatic carbocycles. The first-order valence-corrected chi connectivity index (χ1v) is 12.7. The standard InChI is InChI=1S/C19H13BrCl2F3N4O6P/c1-8(35-36(30,31)32)7-33-15-4-12(21)10(3-13(15)22)16-27-18(34-28-16)14-6-29-5-9(19(23,24)25)2-11(20)17(29)26-14/h2-6,8H,7H2,1H3,(H2,30,31,32)/t8-/m0/s1. The number of phosphoric acid groups is 1. The maximum Gasteiger partial charge on any atom is 0.469 e. The molecule has 0 aliphatic heterocycles. The van der Waals surface area contributed by atoms with E-state index >= 15 is 0 Å². The Kier molecular flexibility index (Phi) is 7.41. The molecule has 1 aromatic carbocycles. The second-order valence-electron chi connectivity index (χ2n) is 7.33. The molecule has 3 heterocycles. The molecule has 4 rings (SSSR count). The van der Waals surface area contributed by atoms with Crippen molar-refractivity contribution in [1.82, 2.24) is 19.5 Å². The van der Waals surface area contributed by atoms with Crippen LogP contribution in [0.1, 0.15) is 12.5 Å². The van der Waals surface area contributed by atoms with Gasteiger partial charge in [-0.2, -0.15) is 18.2 Å². The van der Waals surface area contributed by atoms with Gasteiger partial charge in [0.2, 0.25) is 5.82 Å². The maximum absolute atomic E-state index is 13.1. The van der Waals surface area contributed by atoms with Gasteiger partial charge in [0.05, 0.1) is 20.1 Å². The lowest BCUT2D eigenvalue weighted by Crippen LogP contribution is -2.17. The average molecular weight is 632 g/mol. The molecule has 0 saturated carbocycles. The monoisotopic (exact) mass is 630 g/mol. The first kappa shape index (κ1) is 26.9. The van der Waals surface area contributed by atoms with Crippen LogP contribution in [0.15, 0.2) is 39.6 Å². The quantitative estimate of drug-likeness (QED) is 0.235. The van der Waals surface area contributed by atoms with Crippen molar-refractivity contribution in [2.24, 2.45) is 0 Å². The minimum Gasteiger partial charge on any atom is -0.489 e. The van der Waals surface area contributed by atoms with E-state index in [4.69, 9.17) is 42.2 Å². The number of hydrogen-bond donors (Lipinski definition) is 2. The lowest BCUT2D eigenvalue weighted by molar-refractivity contribution is -0.137. The number of pyridine rings is 1. The summed E-state index contributed by atoms with van der Waals surface area (Å²) in [5.41, 5.74) is -0.288. The van der Waals surface area contributed by atoms with Gasteiger partial charge >= 0.3 is 14.0 Å². The Balaban J connectivity index is 1.58. The zero-order valence-corrected chi connectivity index (χ0v) is 21.7. The van der Waals surface area contributed by atoms with Crippen LogP contribution in [0.4, 0.5) is 13.2 Å². The molecule has 192 valence electrons. The van der Waals surface area contributed by atoms with E-state index < -0.39 is 25.7 Å². The lowest BCUT2D eigenvalue weighted by atomic mass is 10.2. The number of halogens is 6. The van der Waals surface area contributed by atoms with E-state index in [0.29, 0.717) is 0 Å². The van der Waals surface area contributed by atoms with Gasteiger partial charge in [-0.25, -0.2) is 9.55 Å². The number of benzene rings is 1. The molecule has 36 heavy (non-hydrogen) atoms. The molecule has 0 radical (unpaired) electrons. The fourth-order valence-electron chi connectivity index (χ4n) is 3.03. The zero-order valence-electron chi connectivity index (χ0n) is 17.7. The Labute approximate surface area is 218 Å². The van der Waals surface area contributed by atoms with Crippen molar-refractivity contribution in [3.8, 4) is 28.7 Å². The summed E-state index contributed by atoms with van der Waals surface area (Å²) in [7, 11) is -4.68. The van der Waals surface area contributed by atoms with Crippen LogP contribution >= 0.6 is 47.0 Å². The summed E-state index contributed by atoms with van der Waals surface area (Å²) in [4.78, 5) is 26.1. The minimum atomic E-state index is -4.68. The van der Waals surface area contributed by atoms with Crippen molar-refractivity contribution in [3.63, 3.8) is 0 Å². The van der Waals surface area contributed by atoms with Crippen LogP contribution in [0, 0.1) is 0 Å². The van der Waals surface area contributed by atoms with Gasteiger partial charge in [-0.05, 0) is 35.0 Å². The Morgan fingerprint density at radius 1 is 1.19 bits per heavy atom. The first-order valence-electron chi connectivity index (χ1n) is 9.67. The Hall–Kier alpha value is -2.19. The lowest BCUT2D eigenvalue weighted by Gasteiger charge is -2.15. The van der Waals surface area contributed by atoms with Gasteiger partial charge in [0, 0.05) is 24.0 Å². The number of nitrogens with zero attached hydrogens (tertiary/aromatic N) is 4. The van der Waals surface area contributed by atoms with Gasteiger partial charge in [-0.1, -0.05) is 28.4 Å². The minimum absolute atomic E-state index is 0.0220. The maximum atomic E-state index is 13.1. The number of alkyl halides is 3. The number of aromatic nitrogens is 4. The number of ether oxygens (including phenoxy) is 1. The molecule has 4 aromatic rings. The van der Waals surface area contributed by atoms with Crippen LogP contribution < -0.4 is 4.74 Å². The SMILES string of the molecule is C[C@@H](COc1cc(Cl)c(-c2noc(-c3cn4cc(C(F)(F)F)cc(Br)c4n3)n2)cc1Cl)OP(=O)(O)O. The summed E-state index contributed by atoms with van der Waals surface area (Å²) >= 11 is 15.6. The summed E-state index contributed by atoms with van der Waals surface area (Å²) < 4.78 is 66.6. The molecular formula is C19H13BrCl2F3N4O6P. The van der Waals surface area contributed by atoms with Crippen molar-refractivity contribution >= 4 is 52.6 Å². The highest BCUT2D eigenvalue weighted by molar-refractivity contribution is 9.10. The van der Waals surface area contributed by atoms with Crippen LogP contribution in [0.25, 0.3) is 28.6 Å².